The second-order valence-corrected chi connectivity index (χ2v) is 4.52. The lowest BCUT2D eigenvalue weighted by molar-refractivity contribution is 0.971. The minimum Gasteiger partial charge on any atom is -0.292 e. The van der Waals surface area contributed by atoms with Gasteiger partial charge in [-0.1, -0.05) is 0 Å². The normalized spacial score (nSPS) is 11.4. The molecule has 0 spiro atoms. The maximum atomic E-state index is 5.88. The lowest BCUT2D eigenvalue weighted by Gasteiger charge is -2.09. The van der Waals surface area contributed by atoms with E-state index in [0.29, 0.717) is 5.82 Å². The summed E-state index contributed by atoms with van der Waals surface area (Å²) in [5, 5.41) is 4.57. The molecule has 0 atom stereocenters. The first kappa shape index (κ1) is 10.5. The van der Waals surface area contributed by atoms with Crippen molar-refractivity contribution in [1.82, 2.24) is 24.1 Å². The van der Waals surface area contributed by atoms with Gasteiger partial charge in [0.2, 0.25) is 5.28 Å². The number of fused-ring (bicyclic) bond motifs is 2. The summed E-state index contributed by atoms with van der Waals surface area (Å²) < 4.78 is 3.81. The van der Waals surface area contributed by atoms with Gasteiger partial charge < -0.3 is 0 Å². The van der Waals surface area contributed by atoms with Crippen molar-refractivity contribution in [2.24, 2.45) is 0 Å². The van der Waals surface area contributed by atoms with Crippen molar-refractivity contribution in [3.05, 3.63) is 54.2 Å². The molecule has 0 radical (unpaired) electrons. The summed E-state index contributed by atoms with van der Waals surface area (Å²) in [6.07, 6.45) is 5.40. The number of aromatic nitrogens is 5. The van der Waals surface area contributed by atoms with E-state index in [1.165, 1.54) is 0 Å². The molecule has 0 saturated heterocycles. The van der Waals surface area contributed by atoms with Gasteiger partial charge in [-0.2, -0.15) is 10.1 Å². The first-order valence-electron chi connectivity index (χ1n) is 5.75. The Hall–Kier alpha value is -2.40. The number of rotatable bonds is 1. The third kappa shape index (κ3) is 1.59. The van der Waals surface area contributed by atoms with Crippen LogP contribution in [0.1, 0.15) is 0 Å². The third-order valence-corrected chi connectivity index (χ3v) is 3.22. The highest BCUT2D eigenvalue weighted by molar-refractivity contribution is 6.28. The van der Waals surface area contributed by atoms with E-state index in [9.17, 15) is 0 Å². The Morgan fingerprint density at radius 1 is 0.947 bits per heavy atom. The molecule has 4 aromatic heterocycles. The summed E-state index contributed by atoms with van der Waals surface area (Å²) in [6, 6.07) is 9.90. The molecule has 0 aliphatic heterocycles. The number of hydrogen-bond acceptors (Lipinski definition) is 3. The Labute approximate surface area is 113 Å². The first-order chi connectivity index (χ1) is 9.31. The van der Waals surface area contributed by atoms with Gasteiger partial charge in [-0.05, 0) is 41.9 Å². The van der Waals surface area contributed by atoms with E-state index in [2.05, 4.69) is 15.1 Å². The summed E-state index contributed by atoms with van der Waals surface area (Å²) in [7, 11) is 0. The zero-order chi connectivity index (χ0) is 12.8. The lowest BCUT2D eigenvalue weighted by atomic mass is 10.3. The van der Waals surface area contributed by atoms with Crippen LogP contribution in [-0.4, -0.2) is 24.1 Å². The number of halogens is 1. The van der Waals surface area contributed by atoms with E-state index in [0.717, 1.165) is 16.6 Å². The van der Waals surface area contributed by atoms with E-state index in [1.54, 1.807) is 12.4 Å². The van der Waals surface area contributed by atoms with Crippen molar-refractivity contribution in [2.75, 3.05) is 0 Å². The average molecular weight is 270 g/mol. The molecule has 0 aliphatic carbocycles. The number of hydrogen-bond donors (Lipinski definition) is 0. The Balaban J connectivity index is 2.18. The molecule has 4 heterocycles. The van der Waals surface area contributed by atoms with E-state index < -0.39 is 0 Å². The summed E-state index contributed by atoms with van der Waals surface area (Å²) >= 11 is 5.88. The van der Waals surface area contributed by atoms with Crippen LogP contribution in [0.3, 0.4) is 0 Å². The van der Waals surface area contributed by atoms with Gasteiger partial charge in [-0.15, -0.1) is 0 Å². The molecule has 5 aromatic rings. The molecular weight excluding hydrogens is 262 g/mol. The highest BCUT2D eigenvalue weighted by atomic mass is 35.5. The van der Waals surface area contributed by atoms with Crippen molar-refractivity contribution in [2.45, 2.75) is 0 Å². The fourth-order valence-corrected chi connectivity index (χ4v) is 2.33. The maximum Gasteiger partial charge on any atom is 0.224 e. The van der Waals surface area contributed by atoms with Gasteiger partial charge in [-0.3, -0.25) is 4.57 Å². The van der Waals surface area contributed by atoms with Crippen LogP contribution >= 0.6 is 11.6 Å². The van der Waals surface area contributed by atoms with Gasteiger partial charge in [-0.25, -0.2) is 9.50 Å². The first-order valence-corrected chi connectivity index (χ1v) is 6.13. The van der Waals surface area contributed by atoms with Gasteiger partial charge in [0.1, 0.15) is 5.82 Å². The van der Waals surface area contributed by atoms with Crippen molar-refractivity contribution < 1.29 is 0 Å². The molecular formula is C13H8ClN5. The fraction of sp³-hybridized carbons (Fsp3) is 0. The number of nitrogens with zero attached hydrogens (tertiary/aromatic N) is 5. The Morgan fingerprint density at radius 2 is 1.74 bits per heavy atom. The minimum atomic E-state index is 0.226. The minimum absolute atomic E-state index is 0.226. The molecule has 19 heavy (non-hydrogen) atoms. The summed E-state index contributed by atoms with van der Waals surface area (Å²) in [5.74, 6) is 0.717. The summed E-state index contributed by atoms with van der Waals surface area (Å²) in [4.78, 5) is 8.18. The van der Waals surface area contributed by atoms with E-state index >= 15 is 0 Å². The molecule has 5 rings (SSSR count). The molecule has 0 aliphatic rings. The molecule has 92 valence electrons. The lowest BCUT2D eigenvalue weighted by Crippen LogP contribution is -2.00. The predicted octanol–water partition coefficient (Wildman–Crippen LogP) is 2.72. The monoisotopic (exact) mass is 269 g/mol. The van der Waals surface area contributed by atoms with Crippen molar-refractivity contribution in [3.63, 3.8) is 0 Å². The molecule has 0 amide bonds. The topological polar surface area (TPSA) is 48.0 Å². The molecule has 0 unspecified atom stereocenters. The molecule has 0 saturated carbocycles. The Bertz CT molecular complexity index is 868. The van der Waals surface area contributed by atoms with Crippen LogP contribution in [0.5, 0.6) is 0 Å². The zero-order valence-corrected chi connectivity index (χ0v) is 10.5. The van der Waals surface area contributed by atoms with Gasteiger partial charge in [0.15, 0.2) is 0 Å². The van der Waals surface area contributed by atoms with Crippen molar-refractivity contribution in [1.29, 1.82) is 0 Å². The largest absolute Gasteiger partial charge is 0.292 e. The van der Waals surface area contributed by atoms with Crippen molar-refractivity contribution in [3.8, 4) is 5.82 Å². The van der Waals surface area contributed by atoms with Crippen LogP contribution in [0.2, 0.25) is 5.28 Å². The summed E-state index contributed by atoms with van der Waals surface area (Å²) in [5.41, 5.74) is 2.99. The van der Waals surface area contributed by atoms with Crippen LogP contribution in [0.25, 0.3) is 22.4 Å². The maximum absolute atomic E-state index is 5.88. The van der Waals surface area contributed by atoms with Crippen LogP contribution < -0.4 is 0 Å². The zero-order valence-electron chi connectivity index (χ0n) is 9.73. The Kier molecular flexibility index (Phi) is 2.10. The highest BCUT2D eigenvalue weighted by Gasteiger charge is 2.06. The molecule has 1 aromatic carbocycles. The molecule has 6 heteroatoms. The third-order valence-electron chi connectivity index (χ3n) is 3.04. The standard InChI is InChI=1S/C13H8ClN5/c14-13-15-6-5-12(17-13)19-10-3-1-9(2-4-10)18-8-11(19)7-16-18/h1-8H. The van der Waals surface area contributed by atoms with Crippen LogP contribution in [0.4, 0.5) is 0 Å². The molecule has 4 bridgehead atoms. The van der Waals surface area contributed by atoms with Gasteiger partial charge in [0.25, 0.3) is 0 Å². The van der Waals surface area contributed by atoms with Crippen LogP contribution in [0, 0.1) is 0 Å². The Morgan fingerprint density at radius 3 is 2.53 bits per heavy atom. The quantitative estimate of drug-likeness (QED) is 0.499. The van der Waals surface area contributed by atoms with Crippen molar-refractivity contribution >= 4 is 28.2 Å². The van der Waals surface area contributed by atoms with Gasteiger partial charge in [0.05, 0.1) is 23.4 Å². The smallest absolute Gasteiger partial charge is 0.224 e. The van der Waals surface area contributed by atoms with Gasteiger partial charge >= 0.3 is 0 Å². The predicted molar refractivity (Wildman–Crippen MR) is 72.6 cm³/mol. The molecule has 0 fully saturated rings. The second kappa shape index (κ2) is 3.80. The second-order valence-electron chi connectivity index (χ2n) is 4.18. The molecule has 5 nitrogen and oxygen atoms in total. The van der Waals surface area contributed by atoms with Gasteiger partial charge in [0, 0.05) is 11.7 Å². The summed E-state index contributed by atoms with van der Waals surface area (Å²) in [6.45, 7) is 0. The van der Waals surface area contributed by atoms with E-state index in [4.69, 9.17) is 11.6 Å². The SMILES string of the molecule is Clc1nccc(-n2c3ccc(cc3)n3cc2cn3)n1. The van der Waals surface area contributed by atoms with Crippen LogP contribution in [0.15, 0.2) is 48.9 Å². The molecule has 0 N–H and O–H groups in total. The fourth-order valence-electron chi connectivity index (χ4n) is 2.19. The number of benzene rings is 1. The highest BCUT2D eigenvalue weighted by Crippen LogP contribution is 2.18. The van der Waals surface area contributed by atoms with Crippen LogP contribution in [-0.2, 0) is 0 Å². The van der Waals surface area contributed by atoms with E-state index in [-0.39, 0.29) is 5.28 Å². The van der Waals surface area contributed by atoms with E-state index in [1.807, 2.05) is 45.6 Å². The average Bonchev–Trinajstić information content (AvgIpc) is 2.90.